The van der Waals surface area contributed by atoms with Gasteiger partial charge in [-0.2, -0.15) is 0 Å². The summed E-state index contributed by atoms with van der Waals surface area (Å²) in [4.78, 5) is 16.0. The molecule has 0 spiro atoms. The number of carbonyl (C=O) groups excluding carboxylic acids is 1. The van der Waals surface area contributed by atoms with Crippen LogP contribution in [0.4, 0.5) is 0 Å². The summed E-state index contributed by atoms with van der Waals surface area (Å²) in [6, 6.07) is 6.34. The first-order valence-corrected chi connectivity index (χ1v) is 14.0. The highest BCUT2D eigenvalue weighted by Crippen LogP contribution is 2.25. The summed E-state index contributed by atoms with van der Waals surface area (Å²) in [5.41, 5.74) is 6.77. The Bertz CT molecular complexity index is 909. The fourth-order valence-corrected chi connectivity index (χ4v) is 3.04. The van der Waals surface area contributed by atoms with Crippen LogP contribution in [0.15, 0.2) is 64.4 Å². The minimum absolute atomic E-state index is 0.0608. The van der Waals surface area contributed by atoms with Crippen molar-refractivity contribution in [1.29, 1.82) is 0 Å². The van der Waals surface area contributed by atoms with Crippen LogP contribution in [0.5, 0.6) is 0 Å². The molecule has 0 unspecified atom stereocenters. The summed E-state index contributed by atoms with van der Waals surface area (Å²) in [5, 5.41) is 10.4. The summed E-state index contributed by atoms with van der Waals surface area (Å²) in [6.45, 7) is 31.0. The van der Waals surface area contributed by atoms with E-state index in [2.05, 4.69) is 64.4 Å². The molecule has 0 saturated heterocycles. The predicted molar refractivity (Wildman–Crippen MR) is 169 cm³/mol. The molecule has 0 bridgehead atoms. The van der Waals surface area contributed by atoms with Crippen LogP contribution in [0.1, 0.15) is 113 Å². The van der Waals surface area contributed by atoms with Crippen molar-refractivity contribution in [3.05, 3.63) is 76.1 Å². The molecule has 210 valence electrons. The van der Waals surface area contributed by atoms with Crippen molar-refractivity contribution in [2.75, 3.05) is 6.54 Å². The van der Waals surface area contributed by atoms with Crippen molar-refractivity contribution in [3.8, 4) is 0 Å². The molecule has 0 fully saturated rings. The average Bonchev–Trinajstić information content (AvgIpc) is 2.85. The maximum atomic E-state index is 11.8. The molecule has 0 aliphatic rings. The van der Waals surface area contributed by atoms with E-state index in [4.69, 9.17) is 0 Å². The molecule has 3 heteroatoms. The molecule has 0 aliphatic heterocycles. The van der Waals surface area contributed by atoms with E-state index in [1.807, 2.05) is 54.5 Å². The number of allylic oxidation sites excluding steroid dienone is 6. The van der Waals surface area contributed by atoms with Crippen LogP contribution >= 0.6 is 0 Å². The van der Waals surface area contributed by atoms with Crippen molar-refractivity contribution in [1.82, 2.24) is 0 Å². The number of aliphatic imine (C=N–C) groups is 1. The molecular weight excluding hydrogens is 454 g/mol. The zero-order valence-electron chi connectivity index (χ0n) is 26.4. The van der Waals surface area contributed by atoms with Crippen molar-refractivity contribution < 1.29 is 9.90 Å². The van der Waals surface area contributed by atoms with Gasteiger partial charge in [0.1, 0.15) is 5.76 Å². The van der Waals surface area contributed by atoms with Crippen molar-refractivity contribution in [3.63, 3.8) is 0 Å². The molecule has 0 heterocycles. The summed E-state index contributed by atoms with van der Waals surface area (Å²) in [7, 11) is 0. The highest BCUT2D eigenvalue weighted by Gasteiger charge is 2.09. The lowest BCUT2D eigenvalue weighted by Crippen LogP contribution is -2.03. The zero-order valence-corrected chi connectivity index (χ0v) is 26.4. The summed E-state index contributed by atoms with van der Waals surface area (Å²) < 4.78 is 0. The van der Waals surface area contributed by atoms with Gasteiger partial charge in [-0.1, -0.05) is 99.6 Å². The maximum Gasteiger partial charge on any atom is 0.165 e. The SMILES string of the molecule is C=C(/C=C(C)/C(C)=C/C(O)=C(\C=NCCC)C(C)=O)c1cccc(CCC)c1C.CC.CC.CC(C)C. The number of rotatable bonds is 10. The molecule has 0 aromatic heterocycles. The van der Waals surface area contributed by atoms with Crippen LogP contribution < -0.4 is 0 Å². The van der Waals surface area contributed by atoms with E-state index in [0.717, 1.165) is 47.5 Å². The maximum absolute atomic E-state index is 11.8. The standard InChI is InChI=1S/C26H35NO2.C4H10.2C2H6/c1-8-11-23-12-10-13-24(21(23)6)20(5)15-18(3)19(4)16-26(29)25(22(7)28)17-27-14-9-2;1-4(2)3;2*1-2/h10,12-13,15-17,29H,5,8-9,11,14H2,1-4,6-7H3;4H,1-3H3;2*1-2H3/b18-15+,19-16+,26-25-,27-17?;;;. The number of hydrogen-bond donors (Lipinski definition) is 1. The Morgan fingerprint density at radius 2 is 1.49 bits per heavy atom. The number of benzene rings is 1. The van der Waals surface area contributed by atoms with Gasteiger partial charge in [0, 0.05) is 12.8 Å². The summed E-state index contributed by atoms with van der Waals surface area (Å²) in [5.74, 6) is 0.565. The first-order chi connectivity index (χ1) is 17.5. The Kier molecular flexibility index (Phi) is 24.9. The van der Waals surface area contributed by atoms with Gasteiger partial charge in [-0.3, -0.25) is 9.79 Å². The van der Waals surface area contributed by atoms with Gasteiger partial charge in [-0.25, -0.2) is 0 Å². The van der Waals surface area contributed by atoms with E-state index in [1.54, 1.807) is 6.08 Å². The van der Waals surface area contributed by atoms with Gasteiger partial charge in [0.2, 0.25) is 0 Å². The summed E-state index contributed by atoms with van der Waals surface area (Å²) >= 11 is 0. The number of ketones is 1. The van der Waals surface area contributed by atoms with Gasteiger partial charge in [0.25, 0.3) is 0 Å². The van der Waals surface area contributed by atoms with E-state index < -0.39 is 0 Å². The number of nitrogens with zero attached hydrogens (tertiary/aromatic N) is 1. The Balaban J connectivity index is -0.00000128. The molecular formula is C34H57NO2. The van der Waals surface area contributed by atoms with Crippen LogP contribution in [0.25, 0.3) is 5.57 Å². The lowest BCUT2D eigenvalue weighted by atomic mass is 9.93. The third-order valence-corrected chi connectivity index (χ3v) is 4.91. The highest BCUT2D eigenvalue weighted by atomic mass is 16.3. The highest BCUT2D eigenvalue weighted by molar-refractivity contribution is 6.12. The third-order valence-electron chi connectivity index (χ3n) is 4.91. The monoisotopic (exact) mass is 511 g/mol. The van der Waals surface area contributed by atoms with E-state index >= 15 is 0 Å². The normalized spacial score (nSPS) is 11.9. The smallest absolute Gasteiger partial charge is 0.165 e. The van der Waals surface area contributed by atoms with E-state index in [1.165, 1.54) is 24.3 Å². The second kappa shape index (κ2) is 23.7. The van der Waals surface area contributed by atoms with Crippen molar-refractivity contribution in [2.24, 2.45) is 10.9 Å². The molecule has 3 nitrogen and oxygen atoms in total. The number of aliphatic hydroxyl groups excluding tert-OH is 1. The molecule has 37 heavy (non-hydrogen) atoms. The van der Waals surface area contributed by atoms with Gasteiger partial charge in [-0.15, -0.1) is 0 Å². The van der Waals surface area contributed by atoms with Crippen molar-refractivity contribution >= 4 is 17.6 Å². The van der Waals surface area contributed by atoms with Crippen LogP contribution in [0.2, 0.25) is 0 Å². The minimum atomic E-state index is -0.208. The second-order valence-electron chi connectivity index (χ2n) is 9.14. The molecule has 1 aromatic carbocycles. The Morgan fingerprint density at radius 3 is 1.95 bits per heavy atom. The zero-order chi connectivity index (χ0) is 29.6. The van der Waals surface area contributed by atoms with Gasteiger partial charge in [0.15, 0.2) is 5.78 Å². The number of aryl methyl sites for hydroxylation is 1. The number of carbonyl (C=O) groups is 1. The number of Topliss-reactive ketones (excluding diaryl/α,β-unsaturated/α-hetero) is 1. The minimum Gasteiger partial charge on any atom is -0.507 e. The summed E-state index contributed by atoms with van der Waals surface area (Å²) in [6.07, 6.45) is 8.16. The van der Waals surface area contributed by atoms with Crippen LogP contribution in [0.3, 0.4) is 0 Å². The predicted octanol–water partition coefficient (Wildman–Crippen LogP) is 10.4. The van der Waals surface area contributed by atoms with Gasteiger partial charge >= 0.3 is 0 Å². The van der Waals surface area contributed by atoms with Crippen LogP contribution in [0, 0.1) is 12.8 Å². The second-order valence-corrected chi connectivity index (χ2v) is 9.14. The molecule has 0 amide bonds. The number of aliphatic hydroxyl groups is 1. The Labute approximate surface area is 230 Å². The molecule has 0 radical (unpaired) electrons. The first kappa shape index (κ1) is 38.8. The van der Waals surface area contributed by atoms with Gasteiger partial charge < -0.3 is 5.11 Å². The topological polar surface area (TPSA) is 49.7 Å². The van der Waals surface area contributed by atoms with Crippen molar-refractivity contribution in [2.45, 2.75) is 109 Å². The molecule has 0 atom stereocenters. The van der Waals surface area contributed by atoms with Gasteiger partial charge in [0.05, 0.1) is 5.57 Å². The fourth-order valence-electron chi connectivity index (χ4n) is 3.04. The Hall–Kier alpha value is -2.68. The molecule has 1 N–H and O–H groups in total. The van der Waals surface area contributed by atoms with E-state index in [0.29, 0.717) is 6.54 Å². The van der Waals surface area contributed by atoms with E-state index in [-0.39, 0.29) is 17.1 Å². The average molecular weight is 512 g/mol. The lowest BCUT2D eigenvalue weighted by Gasteiger charge is -2.12. The molecule has 1 rings (SSSR count). The van der Waals surface area contributed by atoms with E-state index in [9.17, 15) is 9.90 Å². The Morgan fingerprint density at radius 1 is 0.973 bits per heavy atom. The third kappa shape index (κ3) is 17.4. The quantitative estimate of drug-likeness (QED) is 0.147. The fraction of sp³-hybridized carbons (Fsp3) is 0.529. The largest absolute Gasteiger partial charge is 0.507 e. The van der Waals surface area contributed by atoms with Crippen LogP contribution in [-0.2, 0) is 11.2 Å². The van der Waals surface area contributed by atoms with Gasteiger partial charge in [-0.05, 0) is 85.9 Å². The molecule has 1 aromatic rings. The number of hydrogen-bond acceptors (Lipinski definition) is 3. The lowest BCUT2D eigenvalue weighted by molar-refractivity contribution is -0.113. The van der Waals surface area contributed by atoms with Crippen LogP contribution in [-0.4, -0.2) is 23.6 Å². The molecule has 0 saturated carbocycles. The molecule has 0 aliphatic carbocycles. The first-order valence-electron chi connectivity index (χ1n) is 14.0.